The molecule has 0 aliphatic carbocycles. The molecule has 0 atom stereocenters. The first-order valence-corrected chi connectivity index (χ1v) is 9.48. The van der Waals surface area contributed by atoms with Gasteiger partial charge in [-0.1, -0.05) is 30.3 Å². The largest absolute Gasteiger partial charge is 0.455 e. The Bertz CT molecular complexity index is 996. The van der Waals surface area contributed by atoms with E-state index in [0.717, 1.165) is 5.56 Å². The maximum atomic E-state index is 12.9. The normalized spacial score (nSPS) is 11.3. The van der Waals surface area contributed by atoms with Gasteiger partial charge in [0.25, 0.3) is 5.91 Å². The van der Waals surface area contributed by atoms with E-state index >= 15 is 0 Å². The summed E-state index contributed by atoms with van der Waals surface area (Å²) in [4.78, 5) is 12.3. The second-order valence-corrected chi connectivity index (χ2v) is 7.64. The van der Waals surface area contributed by atoms with Gasteiger partial charge in [0.15, 0.2) is 15.6 Å². The Hall–Kier alpha value is -2.93. The van der Waals surface area contributed by atoms with Crippen molar-refractivity contribution in [2.45, 2.75) is 17.2 Å². The van der Waals surface area contributed by atoms with Gasteiger partial charge in [-0.05, 0) is 42.0 Å². The molecule has 1 N–H and O–H groups in total. The Morgan fingerprint density at radius 1 is 0.962 bits per heavy atom. The van der Waals surface area contributed by atoms with Crippen molar-refractivity contribution in [2.75, 3.05) is 0 Å². The van der Waals surface area contributed by atoms with Crippen LogP contribution in [0.15, 0.2) is 76.0 Å². The zero-order chi connectivity index (χ0) is 18.6. The number of sulfone groups is 1. The highest BCUT2D eigenvalue weighted by molar-refractivity contribution is 7.90. The van der Waals surface area contributed by atoms with Crippen LogP contribution in [0.3, 0.4) is 0 Å². The van der Waals surface area contributed by atoms with Gasteiger partial charge in [0.05, 0.1) is 4.90 Å². The summed E-state index contributed by atoms with van der Waals surface area (Å²) in [6, 6.07) is 16.7. The fraction of sp³-hybridized carbons (Fsp3) is 0.105. The molecule has 1 aromatic heterocycles. The van der Waals surface area contributed by atoms with Gasteiger partial charge in [0, 0.05) is 6.54 Å². The lowest BCUT2D eigenvalue weighted by Crippen LogP contribution is -2.22. The summed E-state index contributed by atoms with van der Waals surface area (Å²) in [6.45, 7) is 0.206. The molecule has 3 rings (SSSR count). The fourth-order valence-electron chi connectivity index (χ4n) is 2.35. The molecule has 0 spiro atoms. The molecule has 0 fully saturated rings. The third-order valence-electron chi connectivity index (χ3n) is 3.69. The van der Waals surface area contributed by atoms with E-state index in [4.69, 9.17) is 4.42 Å². The monoisotopic (exact) mass is 373 g/mol. The molecule has 0 saturated carbocycles. The summed E-state index contributed by atoms with van der Waals surface area (Å²) in [5, 5.41) is 2.64. The van der Waals surface area contributed by atoms with Crippen molar-refractivity contribution >= 4 is 15.7 Å². The summed E-state index contributed by atoms with van der Waals surface area (Å²) in [6.07, 6.45) is 0. The zero-order valence-electron chi connectivity index (χ0n) is 13.7. The molecule has 0 aliphatic rings. The first-order valence-electron chi connectivity index (χ1n) is 7.83. The Balaban J connectivity index is 1.64. The molecule has 1 heterocycles. The lowest BCUT2D eigenvalue weighted by molar-refractivity contribution is 0.0921. The van der Waals surface area contributed by atoms with Gasteiger partial charge in [-0.3, -0.25) is 4.79 Å². The summed E-state index contributed by atoms with van der Waals surface area (Å²) in [5.74, 6) is -0.957. The molecule has 1 amide bonds. The van der Waals surface area contributed by atoms with Gasteiger partial charge in [-0.15, -0.1) is 0 Å². The van der Waals surface area contributed by atoms with Crippen LogP contribution in [0.1, 0.15) is 21.9 Å². The number of nitrogens with one attached hydrogen (secondary N) is 1. The minimum atomic E-state index is -3.55. The number of halogens is 1. The first kappa shape index (κ1) is 17.9. The van der Waals surface area contributed by atoms with Crippen molar-refractivity contribution in [3.8, 4) is 0 Å². The number of amides is 1. The van der Waals surface area contributed by atoms with Gasteiger partial charge >= 0.3 is 0 Å². The van der Waals surface area contributed by atoms with Crippen molar-refractivity contribution in [3.05, 3.63) is 89.6 Å². The quantitative estimate of drug-likeness (QED) is 0.719. The van der Waals surface area contributed by atoms with Gasteiger partial charge in [-0.25, -0.2) is 12.8 Å². The molecular formula is C19H16FNO4S. The van der Waals surface area contributed by atoms with E-state index < -0.39 is 15.7 Å². The van der Waals surface area contributed by atoms with E-state index in [2.05, 4.69) is 5.32 Å². The highest BCUT2D eigenvalue weighted by Crippen LogP contribution is 2.18. The lowest BCUT2D eigenvalue weighted by atomic mass is 10.2. The number of hydrogen-bond acceptors (Lipinski definition) is 4. The van der Waals surface area contributed by atoms with Crippen molar-refractivity contribution in [1.29, 1.82) is 0 Å². The van der Waals surface area contributed by atoms with E-state index in [1.54, 1.807) is 30.3 Å². The summed E-state index contributed by atoms with van der Waals surface area (Å²) >= 11 is 0. The van der Waals surface area contributed by atoms with Crippen LogP contribution in [0.4, 0.5) is 4.39 Å². The molecule has 0 unspecified atom stereocenters. The Labute approximate surface area is 150 Å². The van der Waals surface area contributed by atoms with Crippen LogP contribution in [0, 0.1) is 5.82 Å². The third-order valence-corrected chi connectivity index (χ3v) is 5.34. The maximum absolute atomic E-state index is 12.9. The molecule has 134 valence electrons. The molecule has 5 nitrogen and oxygen atoms in total. The average Bonchev–Trinajstić information content (AvgIpc) is 3.09. The highest BCUT2D eigenvalue weighted by Gasteiger charge is 2.19. The van der Waals surface area contributed by atoms with E-state index in [-0.39, 0.29) is 34.5 Å². The van der Waals surface area contributed by atoms with E-state index in [1.807, 2.05) is 0 Å². The second kappa shape index (κ2) is 7.53. The van der Waals surface area contributed by atoms with Crippen LogP contribution in [0.2, 0.25) is 0 Å². The smallest absolute Gasteiger partial charge is 0.287 e. The summed E-state index contributed by atoms with van der Waals surface area (Å²) < 4.78 is 42.9. The van der Waals surface area contributed by atoms with E-state index in [9.17, 15) is 17.6 Å². The van der Waals surface area contributed by atoms with Gasteiger partial charge in [0.2, 0.25) is 0 Å². The van der Waals surface area contributed by atoms with Crippen molar-refractivity contribution in [3.63, 3.8) is 0 Å². The minimum absolute atomic E-state index is 0.0189. The van der Waals surface area contributed by atoms with Gasteiger partial charge < -0.3 is 9.73 Å². The number of carbonyl (C=O) groups is 1. The highest BCUT2D eigenvalue weighted by atomic mass is 32.2. The molecule has 0 bridgehead atoms. The summed E-state index contributed by atoms with van der Waals surface area (Å²) in [7, 11) is -3.55. The van der Waals surface area contributed by atoms with Gasteiger partial charge in [0.1, 0.15) is 17.3 Å². The van der Waals surface area contributed by atoms with Crippen LogP contribution in [0.5, 0.6) is 0 Å². The van der Waals surface area contributed by atoms with Crippen molar-refractivity contribution in [2.24, 2.45) is 0 Å². The Morgan fingerprint density at radius 3 is 2.35 bits per heavy atom. The van der Waals surface area contributed by atoms with Crippen LogP contribution >= 0.6 is 0 Å². The van der Waals surface area contributed by atoms with Crippen molar-refractivity contribution in [1.82, 2.24) is 5.32 Å². The number of rotatable bonds is 6. The summed E-state index contributed by atoms with van der Waals surface area (Å²) in [5.41, 5.74) is 0.734. The average molecular weight is 373 g/mol. The van der Waals surface area contributed by atoms with Crippen LogP contribution in [0.25, 0.3) is 0 Å². The second-order valence-electron chi connectivity index (χ2n) is 5.65. The molecule has 3 aromatic rings. The Kier molecular flexibility index (Phi) is 5.18. The molecule has 2 aromatic carbocycles. The van der Waals surface area contributed by atoms with Crippen LogP contribution < -0.4 is 5.32 Å². The molecular weight excluding hydrogens is 357 g/mol. The predicted octanol–water partition coefficient (Wildman–Crippen LogP) is 3.32. The number of hydrogen-bond donors (Lipinski definition) is 1. The predicted molar refractivity (Wildman–Crippen MR) is 93.6 cm³/mol. The van der Waals surface area contributed by atoms with E-state index in [0.29, 0.717) is 0 Å². The van der Waals surface area contributed by atoms with Gasteiger partial charge in [-0.2, -0.15) is 0 Å². The number of furan rings is 1. The zero-order valence-corrected chi connectivity index (χ0v) is 14.5. The van der Waals surface area contributed by atoms with Crippen molar-refractivity contribution < 1.29 is 22.0 Å². The Morgan fingerprint density at radius 2 is 1.65 bits per heavy atom. The van der Waals surface area contributed by atoms with E-state index in [1.165, 1.54) is 36.4 Å². The number of benzene rings is 2. The molecule has 0 saturated heterocycles. The molecule has 26 heavy (non-hydrogen) atoms. The lowest BCUT2D eigenvalue weighted by Gasteiger charge is -2.04. The van der Waals surface area contributed by atoms with Crippen LogP contribution in [-0.4, -0.2) is 14.3 Å². The fourth-order valence-corrected chi connectivity index (χ4v) is 3.62. The molecule has 0 aliphatic heterocycles. The first-order chi connectivity index (χ1) is 12.4. The SMILES string of the molecule is O=C(NCc1ccc(F)cc1)c1ccc(CS(=O)(=O)c2ccccc2)o1. The number of carbonyl (C=O) groups excluding carboxylic acids is 1. The standard InChI is InChI=1S/C19H16FNO4S/c20-15-8-6-14(7-9-15)12-21-19(22)18-11-10-16(25-18)13-26(23,24)17-4-2-1-3-5-17/h1-11H,12-13H2,(H,21,22). The molecule has 0 radical (unpaired) electrons. The topological polar surface area (TPSA) is 76.4 Å². The van der Waals surface area contributed by atoms with Crippen LogP contribution in [-0.2, 0) is 22.1 Å². The third kappa shape index (κ3) is 4.37. The maximum Gasteiger partial charge on any atom is 0.287 e. The molecule has 7 heteroatoms. The minimum Gasteiger partial charge on any atom is -0.455 e.